The Bertz CT molecular complexity index is 531. The van der Waals surface area contributed by atoms with E-state index < -0.39 is 0 Å². The van der Waals surface area contributed by atoms with Gasteiger partial charge in [0.1, 0.15) is 5.75 Å². The number of aromatic nitrogens is 1. The zero-order chi connectivity index (χ0) is 14.4. The molecule has 5 heteroatoms. The second kappa shape index (κ2) is 7.38. The molecule has 4 nitrogen and oxygen atoms in total. The van der Waals surface area contributed by atoms with Gasteiger partial charge >= 0.3 is 0 Å². The maximum atomic E-state index is 5.39. The van der Waals surface area contributed by atoms with Gasteiger partial charge in [-0.15, -0.1) is 11.3 Å². The Morgan fingerprint density at radius 2 is 2.05 bits per heavy atom. The van der Waals surface area contributed by atoms with Crippen LogP contribution in [0.5, 0.6) is 5.75 Å². The molecule has 20 heavy (non-hydrogen) atoms. The molecule has 0 aliphatic carbocycles. The van der Waals surface area contributed by atoms with Gasteiger partial charge in [-0.25, -0.2) is 4.98 Å². The minimum atomic E-state index is 0.555. The number of methoxy groups -OCH3 is 2. The van der Waals surface area contributed by atoms with Crippen LogP contribution >= 0.6 is 11.3 Å². The predicted molar refractivity (Wildman–Crippen MR) is 81.4 cm³/mol. The Kier molecular flexibility index (Phi) is 5.52. The molecule has 1 aromatic carbocycles. The summed E-state index contributed by atoms with van der Waals surface area (Å²) in [5.74, 6) is 0.908. The van der Waals surface area contributed by atoms with Gasteiger partial charge in [0.05, 0.1) is 24.4 Å². The summed E-state index contributed by atoms with van der Waals surface area (Å²) >= 11 is 1.73. The van der Waals surface area contributed by atoms with E-state index in [9.17, 15) is 0 Å². The van der Waals surface area contributed by atoms with Crippen LogP contribution < -0.4 is 10.1 Å². The molecule has 0 fully saturated rings. The summed E-state index contributed by atoms with van der Waals surface area (Å²) in [5.41, 5.74) is 2.18. The first kappa shape index (κ1) is 15.0. The first-order chi connectivity index (χ1) is 9.78. The topological polar surface area (TPSA) is 43.4 Å². The molecule has 0 spiro atoms. The Morgan fingerprint density at radius 3 is 2.75 bits per heavy atom. The lowest BCUT2D eigenvalue weighted by Crippen LogP contribution is -2.06. The lowest BCUT2D eigenvalue weighted by molar-refractivity contribution is 0.181. The standard InChI is InChI=1S/C15H20N2O2S/c1-16-9-14-12(10-18-2)17-15(20-14)8-11-6-4-5-7-13(11)19-3/h4-7,16H,8-10H2,1-3H3. The molecule has 0 bridgehead atoms. The quantitative estimate of drug-likeness (QED) is 0.852. The van der Waals surface area contributed by atoms with E-state index in [1.54, 1.807) is 25.6 Å². The third-order valence-electron chi connectivity index (χ3n) is 2.98. The first-order valence-corrected chi connectivity index (χ1v) is 7.33. The maximum absolute atomic E-state index is 5.39. The molecule has 0 saturated heterocycles. The van der Waals surface area contributed by atoms with Gasteiger partial charge in [-0.05, 0) is 13.1 Å². The summed E-state index contributed by atoms with van der Waals surface area (Å²) in [6, 6.07) is 8.06. The Hall–Kier alpha value is -1.43. The van der Waals surface area contributed by atoms with Gasteiger partial charge in [-0.1, -0.05) is 18.2 Å². The van der Waals surface area contributed by atoms with Crippen molar-refractivity contribution in [2.24, 2.45) is 0 Å². The van der Waals surface area contributed by atoms with Crippen LogP contribution in [0.1, 0.15) is 21.1 Å². The average Bonchev–Trinajstić information content (AvgIpc) is 2.82. The molecule has 2 aromatic rings. The van der Waals surface area contributed by atoms with E-state index in [1.807, 2.05) is 25.2 Å². The summed E-state index contributed by atoms with van der Waals surface area (Å²) in [6.45, 7) is 1.38. The predicted octanol–water partition coefficient (Wildman–Crippen LogP) is 2.61. The SMILES string of the molecule is CNCc1sc(Cc2ccccc2OC)nc1COC. The summed E-state index contributed by atoms with van der Waals surface area (Å²) in [4.78, 5) is 5.92. The summed E-state index contributed by atoms with van der Waals surface area (Å²) in [6.07, 6.45) is 0.787. The number of benzene rings is 1. The van der Waals surface area contributed by atoms with Gasteiger partial charge in [0.15, 0.2) is 0 Å². The van der Waals surface area contributed by atoms with Crippen molar-refractivity contribution in [1.29, 1.82) is 0 Å². The van der Waals surface area contributed by atoms with Crippen LogP contribution in [0.15, 0.2) is 24.3 Å². The number of hydrogen-bond acceptors (Lipinski definition) is 5. The molecular formula is C15H20N2O2S. The third-order valence-corrected chi connectivity index (χ3v) is 4.07. The van der Waals surface area contributed by atoms with E-state index in [-0.39, 0.29) is 0 Å². The van der Waals surface area contributed by atoms with Gasteiger partial charge in [-0.3, -0.25) is 0 Å². The zero-order valence-electron chi connectivity index (χ0n) is 12.1. The number of hydrogen-bond donors (Lipinski definition) is 1. The van der Waals surface area contributed by atoms with E-state index in [1.165, 1.54) is 4.88 Å². The van der Waals surface area contributed by atoms with Gasteiger partial charge in [-0.2, -0.15) is 0 Å². The number of thiazole rings is 1. The number of ether oxygens (including phenoxy) is 2. The molecule has 0 unspecified atom stereocenters. The van der Waals surface area contributed by atoms with Crippen LogP contribution in [0.4, 0.5) is 0 Å². The monoisotopic (exact) mass is 292 g/mol. The van der Waals surface area contributed by atoms with Crippen molar-refractivity contribution in [2.45, 2.75) is 19.6 Å². The Labute approximate surface area is 123 Å². The molecule has 1 heterocycles. The van der Waals surface area contributed by atoms with E-state index >= 15 is 0 Å². The molecule has 2 rings (SSSR count). The van der Waals surface area contributed by atoms with Gasteiger partial charge < -0.3 is 14.8 Å². The molecule has 0 radical (unpaired) electrons. The second-order valence-corrected chi connectivity index (χ2v) is 5.60. The Balaban J connectivity index is 2.22. The highest BCUT2D eigenvalue weighted by Gasteiger charge is 2.12. The van der Waals surface area contributed by atoms with E-state index in [0.29, 0.717) is 6.61 Å². The number of nitrogens with zero attached hydrogens (tertiary/aromatic N) is 1. The van der Waals surface area contributed by atoms with Crippen LogP contribution in [-0.4, -0.2) is 26.3 Å². The Morgan fingerprint density at radius 1 is 1.25 bits per heavy atom. The maximum Gasteiger partial charge on any atom is 0.122 e. The highest BCUT2D eigenvalue weighted by Crippen LogP contribution is 2.25. The summed E-state index contributed by atoms with van der Waals surface area (Å²) in [5, 5.41) is 4.26. The highest BCUT2D eigenvalue weighted by molar-refractivity contribution is 7.11. The molecular weight excluding hydrogens is 272 g/mol. The normalized spacial score (nSPS) is 10.8. The van der Waals surface area contributed by atoms with Gasteiger partial charge in [0.25, 0.3) is 0 Å². The molecule has 0 amide bonds. The lowest BCUT2D eigenvalue weighted by atomic mass is 10.1. The van der Waals surface area contributed by atoms with Gasteiger partial charge in [0, 0.05) is 30.5 Å². The highest BCUT2D eigenvalue weighted by atomic mass is 32.1. The fourth-order valence-corrected chi connectivity index (χ4v) is 3.18. The van der Waals surface area contributed by atoms with Crippen molar-refractivity contribution in [1.82, 2.24) is 10.3 Å². The molecule has 108 valence electrons. The van der Waals surface area contributed by atoms with Crippen LogP contribution in [0.2, 0.25) is 0 Å². The van der Waals surface area contributed by atoms with Crippen molar-refractivity contribution >= 4 is 11.3 Å². The molecule has 0 aliphatic heterocycles. The number of nitrogens with one attached hydrogen (secondary N) is 1. The number of rotatable bonds is 7. The van der Waals surface area contributed by atoms with Crippen molar-refractivity contribution < 1.29 is 9.47 Å². The zero-order valence-corrected chi connectivity index (χ0v) is 12.9. The largest absolute Gasteiger partial charge is 0.496 e. The van der Waals surface area contributed by atoms with Crippen LogP contribution in [0.3, 0.4) is 0 Å². The number of para-hydroxylation sites is 1. The average molecular weight is 292 g/mol. The molecule has 0 atom stereocenters. The van der Waals surface area contributed by atoms with E-state index in [2.05, 4.69) is 16.4 Å². The molecule has 1 aromatic heterocycles. The van der Waals surface area contributed by atoms with Crippen molar-refractivity contribution in [3.8, 4) is 5.75 Å². The van der Waals surface area contributed by atoms with Crippen molar-refractivity contribution in [3.05, 3.63) is 45.4 Å². The first-order valence-electron chi connectivity index (χ1n) is 6.51. The van der Waals surface area contributed by atoms with Crippen LogP contribution in [-0.2, 0) is 24.3 Å². The minimum absolute atomic E-state index is 0.555. The van der Waals surface area contributed by atoms with E-state index in [4.69, 9.17) is 9.47 Å². The fraction of sp³-hybridized carbons (Fsp3) is 0.400. The summed E-state index contributed by atoms with van der Waals surface area (Å²) < 4.78 is 10.6. The second-order valence-electron chi connectivity index (χ2n) is 4.43. The molecule has 0 aliphatic rings. The lowest BCUT2D eigenvalue weighted by Gasteiger charge is -2.05. The fourth-order valence-electron chi connectivity index (χ4n) is 2.07. The van der Waals surface area contributed by atoms with Crippen LogP contribution in [0.25, 0.3) is 0 Å². The van der Waals surface area contributed by atoms with Crippen LogP contribution in [0, 0.1) is 0 Å². The smallest absolute Gasteiger partial charge is 0.122 e. The molecule has 1 N–H and O–H groups in total. The van der Waals surface area contributed by atoms with Gasteiger partial charge in [0.2, 0.25) is 0 Å². The van der Waals surface area contributed by atoms with E-state index in [0.717, 1.165) is 35.0 Å². The van der Waals surface area contributed by atoms with Crippen molar-refractivity contribution in [2.75, 3.05) is 21.3 Å². The summed E-state index contributed by atoms with van der Waals surface area (Å²) in [7, 11) is 5.34. The third kappa shape index (κ3) is 3.56. The minimum Gasteiger partial charge on any atom is -0.496 e. The van der Waals surface area contributed by atoms with Crippen molar-refractivity contribution in [3.63, 3.8) is 0 Å². The molecule has 0 saturated carbocycles.